The van der Waals surface area contributed by atoms with Crippen molar-refractivity contribution in [2.24, 2.45) is 5.16 Å². The second-order valence-corrected chi connectivity index (χ2v) is 2.67. The lowest BCUT2D eigenvalue weighted by atomic mass is 10.2. The molecule has 1 heterocycles. The molecule has 1 aromatic carbocycles. The van der Waals surface area contributed by atoms with Crippen molar-refractivity contribution in [3.05, 3.63) is 42.4 Å². The minimum Gasteiger partial charge on any atom is -0.435 e. The monoisotopic (exact) mass is 188 g/mol. The number of oxazole rings is 1. The summed E-state index contributed by atoms with van der Waals surface area (Å²) in [4.78, 5) is 3.91. The highest BCUT2D eigenvalue weighted by Gasteiger charge is 2.03. The predicted molar refractivity (Wildman–Crippen MR) is 51.3 cm³/mol. The van der Waals surface area contributed by atoms with Crippen LogP contribution in [0.5, 0.6) is 0 Å². The molecule has 0 saturated carbocycles. The number of nitrogens with zero attached hydrogens (tertiary/aromatic N) is 2. The summed E-state index contributed by atoms with van der Waals surface area (Å²) in [5.74, 6) is 0.937. The second-order valence-electron chi connectivity index (χ2n) is 2.67. The van der Waals surface area contributed by atoms with Gasteiger partial charge in [-0.3, -0.25) is 0 Å². The fourth-order valence-corrected chi connectivity index (χ4v) is 1.13. The zero-order valence-corrected chi connectivity index (χ0v) is 7.29. The molecule has 0 radical (unpaired) electrons. The van der Waals surface area contributed by atoms with E-state index in [4.69, 9.17) is 9.62 Å². The third-order valence-electron chi connectivity index (χ3n) is 1.75. The Labute approximate surface area is 80.5 Å². The first-order chi connectivity index (χ1) is 6.90. The first-order valence-electron chi connectivity index (χ1n) is 4.09. The van der Waals surface area contributed by atoms with E-state index in [1.165, 1.54) is 0 Å². The summed E-state index contributed by atoms with van der Waals surface area (Å²) in [6.45, 7) is 0. The molecule has 0 atom stereocenters. The average molecular weight is 188 g/mol. The molecule has 70 valence electrons. The Kier molecular flexibility index (Phi) is 2.27. The van der Waals surface area contributed by atoms with Gasteiger partial charge in [0.2, 0.25) is 5.89 Å². The quantitative estimate of drug-likeness (QED) is 0.446. The van der Waals surface area contributed by atoms with E-state index < -0.39 is 0 Å². The Morgan fingerprint density at radius 3 is 2.79 bits per heavy atom. The van der Waals surface area contributed by atoms with Crippen molar-refractivity contribution in [3.63, 3.8) is 0 Å². The van der Waals surface area contributed by atoms with Crippen molar-refractivity contribution in [1.82, 2.24) is 4.98 Å². The Morgan fingerprint density at radius 1 is 1.29 bits per heavy atom. The van der Waals surface area contributed by atoms with E-state index in [1.807, 2.05) is 30.3 Å². The standard InChI is InChI=1S/C10H8N2O2/c13-12-7-10-11-6-9(14-10)8-4-2-1-3-5-8/h1-7,13H/b12-7+. The molecule has 2 aromatic rings. The van der Waals surface area contributed by atoms with E-state index in [2.05, 4.69) is 10.1 Å². The molecular formula is C10H8N2O2. The third-order valence-corrected chi connectivity index (χ3v) is 1.75. The van der Waals surface area contributed by atoms with Crippen LogP contribution >= 0.6 is 0 Å². The second kappa shape index (κ2) is 3.74. The maximum Gasteiger partial charge on any atom is 0.241 e. The third kappa shape index (κ3) is 1.64. The van der Waals surface area contributed by atoms with Gasteiger partial charge in [0.1, 0.15) is 6.21 Å². The summed E-state index contributed by atoms with van der Waals surface area (Å²) in [7, 11) is 0. The van der Waals surface area contributed by atoms with Gasteiger partial charge in [0.05, 0.1) is 6.20 Å². The Hall–Kier alpha value is -2.10. The topological polar surface area (TPSA) is 58.6 Å². The van der Waals surface area contributed by atoms with E-state index in [0.717, 1.165) is 11.8 Å². The van der Waals surface area contributed by atoms with Crippen LogP contribution in [0.15, 0.2) is 46.1 Å². The molecule has 14 heavy (non-hydrogen) atoms. The van der Waals surface area contributed by atoms with Crippen molar-refractivity contribution in [2.75, 3.05) is 0 Å². The molecule has 1 aromatic heterocycles. The van der Waals surface area contributed by atoms with Gasteiger partial charge in [-0.25, -0.2) is 4.98 Å². The van der Waals surface area contributed by atoms with Gasteiger partial charge in [0, 0.05) is 5.56 Å². The van der Waals surface area contributed by atoms with Crippen molar-refractivity contribution in [1.29, 1.82) is 0 Å². The van der Waals surface area contributed by atoms with Crippen LogP contribution in [-0.2, 0) is 0 Å². The number of benzene rings is 1. The average Bonchev–Trinajstić information content (AvgIpc) is 2.68. The summed E-state index contributed by atoms with van der Waals surface area (Å²) in [5.41, 5.74) is 0.942. The van der Waals surface area contributed by atoms with Crippen molar-refractivity contribution in [2.45, 2.75) is 0 Å². The number of hydrogen-bond acceptors (Lipinski definition) is 4. The fraction of sp³-hybridized carbons (Fsp3) is 0. The summed E-state index contributed by atoms with van der Waals surface area (Å²) in [5, 5.41) is 11.1. The lowest BCUT2D eigenvalue weighted by Crippen LogP contribution is -1.76. The summed E-state index contributed by atoms with van der Waals surface area (Å²) in [6.07, 6.45) is 2.73. The molecular weight excluding hydrogens is 180 g/mol. The van der Waals surface area contributed by atoms with Crippen LogP contribution in [0.1, 0.15) is 5.89 Å². The van der Waals surface area contributed by atoms with Gasteiger partial charge >= 0.3 is 0 Å². The number of oxime groups is 1. The van der Waals surface area contributed by atoms with E-state index >= 15 is 0 Å². The van der Waals surface area contributed by atoms with Crippen molar-refractivity contribution in [3.8, 4) is 11.3 Å². The molecule has 0 unspecified atom stereocenters. The van der Waals surface area contributed by atoms with E-state index in [9.17, 15) is 0 Å². The smallest absolute Gasteiger partial charge is 0.241 e. The van der Waals surface area contributed by atoms with Crippen LogP contribution in [0.2, 0.25) is 0 Å². The lowest BCUT2D eigenvalue weighted by Gasteiger charge is -1.92. The van der Waals surface area contributed by atoms with Gasteiger partial charge in [-0.1, -0.05) is 35.5 Å². The SMILES string of the molecule is O/N=C/c1ncc(-c2ccccc2)o1. The number of rotatable bonds is 2. The van der Waals surface area contributed by atoms with Crippen LogP contribution in [0, 0.1) is 0 Å². The van der Waals surface area contributed by atoms with Crippen LogP contribution < -0.4 is 0 Å². The molecule has 0 fully saturated rings. The molecule has 2 rings (SSSR count). The lowest BCUT2D eigenvalue weighted by molar-refractivity contribution is 0.320. The zero-order valence-electron chi connectivity index (χ0n) is 7.29. The fourth-order valence-electron chi connectivity index (χ4n) is 1.13. The summed E-state index contributed by atoms with van der Waals surface area (Å²) >= 11 is 0. The predicted octanol–water partition coefficient (Wildman–Crippen LogP) is 2.15. The summed E-state index contributed by atoms with van der Waals surface area (Å²) in [6, 6.07) is 9.59. The molecule has 0 saturated heterocycles. The maximum absolute atomic E-state index is 8.27. The molecule has 0 spiro atoms. The molecule has 4 heteroatoms. The molecule has 0 amide bonds. The van der Waals surface area contributed by atoms with Gasteiger partial charge in [0.25, 0.3) is 0 Å². The molecule has 4 nitrogen and oxygen atoms in total. The molecule has 1 N–H and O–H groups in total. The van der Waals surface area contributed by atoms with Crippen LogP contribution in [0.25, 0.3) is 11.3 Å². The Morgan fingerprint density at radius 2 is 2.07 bits per heavy atom. The normalized spacial score (nSPS) is 10.9. The van der Waals surface area contributed by atoms with Gasteiger partial charge in [-0.15, -0.1) is 0 Å². The zero-order chi connectivity index (χ0) is 9.80. The van der Waals surface area contributed by atoms with Crippen LogP contribution in [0.4, 0.5) is 0 Å². The molecule has 0 bridgehead atoms. The Balaban J connectivity index is 2.34. The van der Waals surface area contributed by atoms with Crippen molar-refractivity contribution >= 4 is 6.21 Å². The number of aromatic nitrogens is 1. The number of hydrogen-bond donors (Lipinski definition) is 1. The van der Waals surface area contributed by atoms with E-state index in [0.29, 0.717) is 5.76 Å². The van der Waals surface area contributed by atoms with E-state index in [-0.39, 0.29) is 5.89 Å². The molecule has 0 aliphatic heterocycles. The first kappa shape index (κ1) is 8.50. The van der Waals surface area contributed by atoms with Crippen molar-refractivity contribution < 1.29 is 9.62 Å². The highest BCUT2D eigenvalue weighted by molar-refractivity contribution is 5.73. The van der Waals surface area contributed by atoms with Gasteiger partial charge in [0.15, 0.2) is 5.76 Å². The Bertz CT molecular complexity index is 434. The van der Waals surface area contributed by atoms with Crippen LogP contribution in [-0.4, -0.2) is 16.4 Å². The first-order valence-corrected chi connectivity index (χ1v) is 4.09. The van der Waals surface area contributed by atoms with Crippen LogP contribution in [0.3, 0.4) is 0 Å². The summed E-state index contributed by atoms with van der Waals surface area (Å²) < 4.78 is 5.29. The highest BCUT2D eigenvalue weighted by Crippen LogP contribution is 2.18. The highest BCUT2D eigenvalue weighted by atomic mass is 16.4. The van der Waals surface area contributed by atoms with Gasteiger partial charge < -0.3 is 9.62 Å². The van der Waals surface area contributed by atoms with E-state index in [1.54, 1.807) is 6.20 Å². The molecule has 0 aliphatic carbocycles. The van der Waals surface area contributed by atoms with Gasteiger partial charge in [-0.05, 0) is 0 Å². The maximum atomic E-state index is 8.27. The largest absolute Gasteiger partial charge is 0.435 e. The molecule has 0 aliphatic rings. The minimum absolute atomic E-state index is 0.284. The minimum atomic E-state index is 0.284. The van der Waals surface area contributed by atoms with Gasteiger partial charge in [-0.2, -0.15) is 0 Å².